The molecule has 1 N–H and O–H groups in total. The molecule has 1 amide bonds. The van der Waals surface area contributed by atoms with Gasteiger partial charge in [-0.2, -0.15) is 5.10 Å². The highest BCUT2D eigenvalue weighted by atomic mass is 16.1. The first-order valence-electron chi connectivity index (χ1n) is 12.0. The topological polar surface area (TPSA) is 55.1 Å². The zero-order valence-electron chi connectivity index (χ0n) is 19.6. The number of carbonyl (C=O) groups excluding carboxylic acids is 1. The van der Waals surface area contributed by atoms with Gasteiger partial charge in [-0.1, -0.05) is 42.5 Å². The number of piperidine rings is 1. The number of aromatic nitrogens is 3. The van der Waals surface area contributed by atoms with Gasteiger partial charge in [-0.05, 0) is 68.2 Å². The van der Waals surface area contributed by atoms with Crippen LogP contribution >= 0.6 is 0 Å². The first-order chi connectivity index (χ1) is 16.7. The molecule has 0 atom stereocenters. The third-order valence-corrected chi connectivity index (χ3v) is 6.73. The quantitative estimate of drug-likeness (QED) is 0.448. The Kier molecular flexibility index (Phi) is 6.58. The number of carbonyl (C=O) groups is 1. The van der Waals surface area contributed by atoms with E-state index in [0.717, 1.165) is 44.0 Å². The summed E-state index contributed by atoms with van der Waals surface area (Å²) in [5, 5.41) is 7.87. The minimum atomic E-state index is 0.0798. The van der Waals surface area contributed by atoms with E-state index in [9.17, 15) is 4.79 Å². The molecule has 0 radical (unpaired) electrons. The summed E-state index contributed by atoms with van der Waals surface area (Å²) in [6, 6.07) is 22.5. The van der Waals surface area contributed by atoms with Crippen molar-refractivity contribution in [1.29, 1.82) is 0 Å². The number of nitrogens with one attached hydrogen (secondary N) is 1. The summed E-state index contributed by atoms with van der Waals surface area (Å²) >= 11 is 0. The molecule has 0 aliphatic carbocycles. The minimum Gasteiger partial charge on any atom is -0.352 e. The number of aryl methyl sites for hydroxylation is 1. The molecular weight excluding hydrogens is 422 g/mol. The number of para-hydroxylation sites is 1. The lowest BCUT2D eigenvalue weighted by Gasteiger charge is -2.31. The lowest BCUT2D eigenvalue weighted by molar-refractivity contribution is -0.126. The molecule has 2 aromatic carbocycles. The van der Waals surface area contributed by atoms with Crippen molar-refractivity contribution in [3.8, 4) is 11.5 Å². The molecule has 34 heavy (non-hydrogen) atoms. The number of rotatable bonds is 7. The van der Waals surface area contributed by atoms with Crippen LogP contribution in [0.5, 0.6) is 0 Å². The van der Waals surface area contributed by atoms with Crippen LogP contribution in [0.2, 0.25) is 0 Å². The molecule has 0 bridgehead atoms. The van der Waals surface area contributed by atoms with E-state index in [4.69, 9.17) is 5.10 Å². The van der Waals surface area contributed by atoms with Gasteiger partial charge in [0.25, 0.3) is 0 Å². The van der Waals surface area contributed by atoms with E-state index in [-0.39, 0.29) is 11.8 Å². The van der Waals surface area contributed by atoms with Gasteiger partial charge >= 0.3 is 0 Å². The van der Waals surface area contributed by atoms with Crippen molar-refractivity contribution in [2.75, 3.05) is 13.1 Å². The third-order valence-electron chi connectivity index (χ3n) is 6.73. The second-order valence-electron chi connectivity index (χ2n) is 9.03. The van der Waals surface area contributed by atoms with Gasteiger partial charge in [0.15, 0.2) is 0 Å². The summed E-state index contributed by atoms with van der Waals surface area (Å²) in [4.78, 5) is 15.2. The fourth-order valence-corrected chi connectivity index (χ4v) is 4.73. The molecule has 0 unspecified atom stereocenters. The van der Waals surface area contributed by atoms with Crippen LogP contribution in [0.15, 0.2) is 85.3 Å². The maximum Gasteiger partial charge on any atom is 0.223 e. The van der Waals surface area contributed by atoms with Crippen LogP contribution in [0, 0.1) is 12.8 Å². The second kappa shape index (κ2) is 10.1. The highest BCUT2D eigenvalue weighted by molar-refractivity contribution is 5.78. The Bertz CT molecular complexity index is 1220. The highest BCUT2D eigenvalue weighted by Crippen LogP contribution is 2.24. The molecule has 1 aliphatic heterocycles. The summed E-state index contributed by atoms with van der Waals surface area (Å²) in [6.07, 6.45) is 7.86. The lowest BCUT2D eigenvalue weighted by Crippen LogP contribution is -2.40. The summed E-state index contributed by atoms with van der Waals surface area (Å²) in [5.74, 6) is 1.32. The van der Waals surface area contributed by atoms with Crippen molar-refractivity contribution in [3.63, 3.8) is 0 Å². The maximum atomic E-state index is 12.8. The van der Waals surface area contributed by atoms with Crippen LogP contribution in [-0.4, -0.2) is 38.2 Å². The predicted molar refractivity (Wildman–Crippen MR) is 134 cm³/mol. The standard InChI is InChI=1S/C28H31N5O/c1-22-9-5-6-10-24(22)19-29-27(34)23-13-17-31(18-14-23)21-25-20-30-33(26-11-3-2-4-12-26)28(25)32-15-7-8-16-32/h2-12,15-16,20,23H,13-14,17-19,21H2,1H3,(H,29,34). The largest absolute Gasteiger partial charge is 0.352 e. The minimum absolute atomic E-state index is 0.0798. The Hall–Kier alpha value is -3.64. The molecule has 6 nitrogen and oxygen atoms in total. The summed E-state index contributed by atoms with van der Waals surface area (Å²) < 4.78 is 4.13. The smallest absolute Gasteiger partial charge is 0.223 e. The predicted octanol–water partition coefficient (Wildman–Crippen LogP) is 4.50. The monoisotopic (exact) mass is 453 g/mol. The maximum absolute atomic E-state index is 12.8. The molecule has 5 rings (SSSR count). The van der Waals surface area contributed by atoms with Crippen LogP contribution in [0.3, 0.4) is 0 Å². The number of amides is 1. The average Bonchev–Trinajstić information content (AvgIpc) is 3.54. The van der Waals surface area contributed by atoms with Crippen LogP contribution in [-0.2, 0) is 17.9 Å². The Morgan fingerprint density at radius 3 is 2.38 bits per heavy atom. The molecule has 4 aromatic rings. The molecule has 6 heteroatoms. The zero-order valence-corrected chi connectivity index (χ0v) is 19.6. The molecule has 0 saturated carbocycles. The van der Waals surface area contributed by atoms with Crippen molar-refractivity contribution in [3.05, 3.63) is 102 Å². The lowest BCUT2D eigenvalue weighted by atomic mass is 9.95. The van der Waals surface area contributed by atoms with Gasteiger partial charge in [-0.3, -0.25) is 9.69 Å². The van der Waals surface area contributed by atoms with Gasteiger partial charge in [0.05, 0.1) is 11.9 Å². The first kappa shape index (κ1) is 22.2. The Morgan fingerprint density at radius 2 is 1.65 bits per heavy atom. The number of nitrogens with zero attached hydrogens (tertiary/aromatic N) is 4. The Labute approximate surface area is 200 Å². The molecule has 1 saturated heterocycles. The fraction of sp³-hybridized carbons (Fsp3) is 0.286. The van der Waals surface area contributed by atoms with Crippen LogP contribution in [0.4, 0.5) is 0 Å². The first-order valence-corrected chi connectivity index (χ1v) is 12.0. The SMILES string of the molecule is Cc1ccccc1CNC(=O)C1CCN(Cc2cnn(-c3ccccc3)c2-n2cccc2)CC1. The van der Waals surface area contributed by atoms with Gasteiger partial charge < -0.3 is 9.88 Å². The number of benzene rings is 2. The van der Waals surface area contributed by atoms with Crippen molar-refractivity contribution in [2.24, 2.45) is 5.92 Å². The Morgan fingerprint density at radius 1 is 0.941 bits per heavy atom. The van der Waals surface area contributed by atoms with E-state index < -0.39 is 0 Å². The highest BCUT2D eigenvalue weighted by Gasteiger charge is 2.26. The van der Waals surface area contributed by atoms with Gasteiger partial charge in [-0.25, -0.2) is 4.68 Å². The molecule has 3 heterocycles. The van der Waals surface area contributed by atoms with Gasteiger partial charge in [0, 0.05) is 37.0 Å². The van der Waals surface area contributed by atoms with E-state index in [2.05, 4.69) is 58.4 Å². The summed E-state index contributed by atoms with van der Waals surface area (Å²) in [7, 11) is 0. The Balaban J connectivity index is 1.22. The number of hydrogen-bond acceptors (Lipinski definition) is 3. The van der Waals surface area contributed by atoms with Crippen LogP contribution in [0.1, 0.15) is 29.5 Å². The number of likely N-dealkylation sites (tertiary alicyclic amines) is 1. The van der Waals surface area contributed by atoms with Gasteiger partial charge in [0.1, 0.15) is 5.82 Å². The molecular formula is C28H31N5O. The molecule has 2 aromatic heterocycles. The second-order valence-corrected chi connectivity index (χ2v) is 9.03. The molecule has 174 valence electrons. The van der Waals surface area contributed by atoms with Crippen molar-refractivity contribution in [2.45, 2.75) is 32.9 Å². The van der Waals surface area contributed by atoms with Crippen molar-refractivity contribution >= 4 is 5.91 Å². The average molecular weight is 454 g/mol. The van der Waals surface area contributed by atoms with Crippen molar-refractivity contribution in [1.82, 2.24) is 24.6 Å². The molecule has 1 aliphatic rings. The molecule has 1 fully saturated rings. The van der Waals surface area contributed by atoms with Gasteiger partial charge in [-0.15, -0.1) is 0 Å². The fourth-order valence-electron chi connectivity index (χ4n) is 4.73. The van der Waals surface area contributed by atoms with E-state index in [1.807, 2.05) is 53.3 Å². The van der Waals surface area contributed by atoms with E-state index in [0.29, 0.717) is 6.54 Å². The van der Waals surface area contributed by atoms with Crippen LogP contribution < -0.4 is 5.32 Å². The summed E-state index contributed by atoms with van der Waals surface area (Å²) in [6.45, 7) is 5.32. The van der Waals surface area contributed by atoms with E-state index in [1.54, 1.807) is 0 Å². The zero-order chi connectivity index (χ0) is 23.3. The van der Waals surface area contributed by atoms with Crippen LogP contribution in [0.25, 0.3) is 11.5 Å². The third kappa shape index (κ3) is 4.82. The van der Waals surface area contributed by atoms with E-state index >= 15 is 0 Å². The van der Waals surface area contributed by atoms with Crippen molar-refractivity contribution < 1.29 is 4.79 Å². The molecule has 0 spiro atoms. The summed E-state index contributed by atoms with van der Waals surface area (Å²) in [5.41, 5.74) is 4.62. The normalized spacial score (nSPS) is 14.9. The number of hydrogen-bond donors (Lipinski definition) is 1. The van der Waals surface area contributed by atoms with E-state index in [1.165, 1.54) is 16.7 Å². The van der Waals surface area contributed by atoms with Gasteiger partial charge in [0.2, 0.25) is 5.91 Å².